The van der Waals surface area contributed by atoms with Gasteiger partial charge in [-0.05, 0) is 38.5 Å². The Labute approximate surface area is 287 Å². The summed E-state index contributed by atoms with van der Waals surface area (Å²) in [5, 5.41) is 0. The molecule has 0 saturated carbocycles. The summed E-state index contributed by atoms with van der Waals surface area (Å²) in [5.41, 5.74) is 0. The Morgan fingerprint density at radius 2 is 0.409 bits per heavy atom. The molecule has 0 N–H and O–H groups in total. The van der Waals surface area contributed by atoms with Crippen molar-refractivity contribution in [3.63, 3.8) is 0 Å². The smallest absolute Gasteiger partial charge is 0.0654 e. The maximum Gasteiger partial charge on any atom is 0.0672 e. The average Bonchev–Trinajstić information content (AvgIpc) is 3.05. The van der Waals surface area contributed by atoms with Crippen LogP contribution in [0.2, 0.25) is 0 Å². The van der Waals surface area contributed by atoms with E-state index in [2.05, 4.69) is 20.8 Å². The first kappa shape index (κ1) is 38.9. The first-order chi connectivity index (χ1) is 22.9. The molecule has 0 amide bonds. The van der Waals surface area contributed by atoms with E-state index < -0.39 is 13.9 Å². The molecular weight excluding hydrogens is 547 g/mol. The highest BCUT2D eigenvalue weighted by Gasteiger charge is 2.29. The van der Waals surface area contributed by atoms with Crippen molar-refractivity contribution in [2.75, 3.05) is 25.1 Å². The average molecular weight is 641 g/mol. The van der Waals surface area contributed by atoms with Gasteiger partial charge in [0, 0.05) is 13.9 Å². The van der Waals surface area contributed by atoms with Gasteiger partial charge in [0.2, 0.25) is 0 Å². The van der Waals surface area contributed by atoms with Gasteiger partial charge in [-0.3, -0.25) is 0 Å². The van der Waals surface area contributed by atoms with Crippen LogP contribution in [0.5, 0.6) is 0 Å². The van der Waals surface area contributed by atoms with Gasteiger partial charge in [0.05, 0.1) is 22.6 Å². The summed E-state index contributed by atoms with van der Waals surface area (Å²) in [5.74, 6) is 0. The van der Waals surface area contributed by atoms with Gasteiger partial charge in [-0.25, -0.2) is 0 Å². The molecule has 0 aliphatic carbocycles. The van der Waals surface area contributed by atoms with Gasteiger partial charge in [0.25, 0.3) is 0 Å². The summed E-state index contributed by atoms with van der Waals surface area (Å²) < 4.78 is 26.3. The SMILES string of the molecule is [2H]C([2H])([2H])[P+](CCCCCCCCCCCCCC)(CCCCCCCCCCCCCC)CCCCCCCCCCCCCC. The minimum absolute atomic E-state index is 1.04. The van der Waals surface area contributed by atoms with Crippen LogP contribution in [0.1, 0.15) is 256 Å². The second-order valence-corrected chi connectivity index (χ2v) is 18.6. The highest BCUT2D eigenvalue weighted by molar-refractivity contribution is 7.75. The molecule has 0 fully saturated rings. The molecule has 1 heteroatoms. The summed E-state index contributed by atoms with van der Waals surface area (Å²) >= 11 is 0. The van der Waals surface area contributed by atoms with Crippen LogP contribution in [0.3, 0.4) is 0 Å². The molecule has 0 rings (SSSR count). The van der Waals surface area contributed by atoms with E-state index in [1.165, 1.54) is 231 Å². The zero-order chi connectivity index (χ0) is 34.6. The van der Waals surface area contributed by atoms with Gasteiger partial charge in [0.1, 0.15) is 0 Å². The molecule has 0 saturated heterocycles. The third-order valence-electron chi connectivity index (χ3n) is 10.3. The number of unbranched alkanes of at least 4 members (excludes halogenated alkanes) is 33. The van der Waals surface area contributed by atoms with Crippen molar-refractivity contribution in [1.82, 2.24) is 0 Å². The number of hydrogen-bond donors (Lipinski definition) is 0. The van der Waals surface area contributed by atoms with Crippen LogP contribution in [0.25, 0.3) is 0 Å². The Morgan fingerprint density at radius 3 is 0.568 bits per heavy atom. The summed E-state index contributed by atoms with van der Waals surface area (Å²) in [6.45, 7) is 5.18. The maximum absolute atomic E-state index is 8.78. The maximum atomic E-state index is 8.78. The van der Waals surface area contributed by atoms with E-state index in [1.807, 2.05) is 0 Å². The van der Waals surface area contributed by atoms with E-state index in [0.29, 0.717) is 0 Å². The molecule has 266 valence electrons. The molecule has 0 aromatic heterocycles. The predicted octanol–water partition coefficient (Wildman–Crippen LogP) is 16.7. The molecule has 0 atom stereocenters. The van der Waals surface area contributed by atoms with Crippen molar-refractivity contribution in [1.29, 1.82) is 0 Å². The van der Waals surface area contributed by atoms with Gasteiger partial charge < -0.3 is 0 Å². The van der Waals surface area contributed by atoms with Gasteiger partial charge in [-0.15, -0.1) is 0 Å². The summed E-state index contributed by atoms with van der Waals surface area (Å²) in [6.07, 6.45) is 52.0. The van der Waals surface area contributed by atoms with Crippen LogP contribution in [-0.4, -0.2) is 25.1 Å². The van der Waals surface area contributed by atoms with Crippen molar-refractivity contribution < 1.29 is 4.11 Å². The minimum Gasteiger partial charge on any atom is -0.0654 e. The van der Waals surface area contributed by atoms with Crippen LogP contribution < -0.4 is 0 Å². The van der Waals surface area contributed by atoms with Crippen molar-refractivity contribution in [3.8, 4) is 0 Å². The largest absolute Gasteiger partial charge is 0.0672 e. The summed E-state index contributed by atoms with van der Waals surface area (Å²) in [6, 6.07) is 0. The van der Waals surface area contributed by atoms with E-state index in [9.17, 15) is 0 Å². The molecule has 0 aliphatic rings. The van der Waals surface area contributed by atoms with E-state index in [-0.39, 0.29) is 0 Å². The second kappa shape index (κ2) is 37.9. The Bertz CT molecular complexity index is 521. The first-order valence-electron chi connectivity index (χ1n) is 22.8. The molecule has 0 heterocycles. The minimum atomic E-state index is -1.92. The highest BCUT2D eigenvalue weighted by atomic mass is 31.2. The summed E-state index contributed by atoms with van der Waals surface area (Å²) in [7, 11) is -1.92. The molecular formula is C43H90P+. The monoisotopic (exact) mass is 641 g/mol. The van der Waals surface area contributed by atoms with Gasteiger partial charge in [-0.1, -0.05) is 213 Å². The zero-order valence-corrected chi connectivity index (χ0v) is 32.4. The van der Waals surface area contributed by atoms with Crippen molar-refractivity contribution >= 4 is 7.26 Å². The third-order valence-corrected chi connectivity index (χ3v) is 13.8. The van der Waals surface area contributed by atoms with Crippen LogP contribution in [0, 0.1) is 0 Å². The Balaban J connectivity index is 4.51. The van der Waals surface area contributed by atoms with Crippen molar-refractivity contribution in [2.24, 2.45) is 0 Å². The van der Waals surface area contributed by atoms with Crippen LogP contribution in [0.15, 0.2) is 0 Å². The summed E-state index contributed by atoms with van der Waals surface area (Å²) in [4.78, 5) is 0. The lowest BCUT2D eigenvalue weighted by atomic mass is 10.1. The van der Waals surface area contributed by atoms with Crippen molar-refractivity contribution in [3.05, 3.63) is 0 Å². The predicted molar refractivity (Wildman–Crippen MR) is 211 cm³/mol. The molecule has 0 radical (unpaired) electrons. The molecule has 44 heavy (non-hydrogen) atoms. The van der Waals surface area contributed by atoms with Gasteiger partial charge in [0.15, 0.2) is 0 Å². The van der Waals surface area contributed by atoms with Crippen molar-refractivity contribution in [2.45, 2.75) is 252 Å². The quantitative estimate of drug-likeness (QED) is 0.0463. The fourth-order valence-electron chi connectivity index (χ4n) is 7.10. The zero-order valence-electron chi connectivity index (χ0n) is 34.5. The standard InChI is InChI=1S/C43H90P/c1-5-8-11-14-17-20-23-26-29-32-35-38-41-44(4,42-39-36-33-30-27-24-21-18-15-12-9-6-2)43-40-37-34-31-28-25-22-19-16-13-10-7-3/h5-43H2,1-4H3/q+1/i4D3. The number of rotatable bonds is 39. The van der Waals surface area contributed by atoms with Gasteiger partial charge in [-0.2, -0.15) is 0 Å². The van der Waals surface area contributed by atoms with E-state index in [4.69, 9.17) is 4.11 Å². The first-order valence-corrected chi connectivity index (χ1v) is 23.6. The lowest BCUT2D eigenvalue weighted by Gasteiger charge is -2.24. The van der Waals surface area contributed by atoms with Gasteiger partial charge >= 0.3 is 0 Å². The molecule has 0 spiro atoms. The van der Waals surface area contributed by atoms with Crippen LogP contribution >= 0.6 is 7.26 Å². The molecule has 0 aromatic carbocycles. The molecule has 0 aromatic rings. The topological polar surface area (TPSA) is 0 Å². The van der Waals surface area contributed by atoms with Crippen LogP contribution in [0.4, 0.5) is 0 Å². The van der Waals surface area contributed by atoms with E-state index in [1.54, 1.807) is 0 Å². The Morgan fingerprint density at radius 1 is 0.250 bits per heavy atom. The highest BCUT2D eigenvalue weighted by Crippen LogP contribution is 2.57. The fraction of sp³-hybridized carbons (Fsp3) is 1.00. The lowest BCUT2D eigenvalue weighted by molar-refractivity contribution is 0.546. The normalized spacial score (nSPS) is 13.3. The molecule has 0 aliphatic heterocycles. The molecule has 0 unspecified atom stereocenters. The number of hydrogen-bond acceptors (Lipinski definition) is 0. The van der Waals surface area contributed by atoms with E-state index >= 15 is 0 Å². The fourth-order valence-corrected chi connectivity index (χ4v) is 10.3. The Hall–Kier alpha value is 0.430. The molecule has 0 bridgehead atoms. The lowest BCUT2D eigenvalue weighted by Crippen LogP contribution is -2.08. The van der Waals surface area contributed by atoms with Crippen LogP contribution in [-0.2, 0) is 0 Å². The third kappa shape index (κ3) is 35.3. The molecule has 0 nitrogen and oxygen atoms in total. The Kier molecular flexibility index (Phi) is 33.5. The van der Waals surface area contributed by atoms with E-state index in [0.717, 1.165) is 18.5 Å². The second-order valence-electron chi connectivity index (χ2n) is 15.0.